The summed E-state index contributed by atoms with van der Waals surface area (Å²) in [5.41, 5.74) is 1.52. The Balaban J connectivity index is 2.11. The molecule has 1 heterocycles. The fourth-order valence-electron chi connectivity index (χ4n) is 2.09. The highest BCUT2D eigenvalue weighted by Gasteiger charge is 2.16. The molecule has 2 N–H and O–H groups in total. The molecule has 0 amide bonds. The minimum atomic E-state index is -0.462. The summed E-state index contributed by atoms with van der Waals surface area (Å²) >= 11 is 0. The van der Waals surface area contributed by atoms with Gasteiger partial charge in [-0.25, -0.2) is 4.39 Å². The molecule has 1 aliphatic heterocycles. The third-order valence-corrected chi connectivity index (χ3v) is 2.97. The fourth-order valence-corrected chi connectivity index (χ4v) is 2.09. The topological polar surface area (TPSA) is 32.3 Å². The Morgan fingerprint density at radius 1 is 1.47 bits per heavy atom. The molecular weight excluding hydrogens is 193 g/mol. The van der Waals surface area contributed by atoms with Gasteiger partial charge in [0.2, 0.25) is 0 Å². The van der Waals surface area contributed by atoms with Crippen LogP contribution in [0.3, 0.4) is 0 Å². The molecule has 1 unspecified atom stereocenters. The van der Waals surface area contributed by atoms with E-state index in [2.05, 4.69) is 5.32 Å². The van der Waals surface area contributed by atoms with E-state index in [1.165, 1.54) is 0 Å². The van der Waals surface area contributed by atoms with Crippen LogP contribution < -0.4 is 5.32 Å². The van der Waals surface area contributed by atoms with Gasteiger partial charge in [0.05, 0.1) is 0 Å². The second kappa shape index (κ2) is 4.62. The van der Waals surface area contributed by atoms with Crippen LogP contribution in [0.25, 0.3) is 0 Å². The van der Waals surface area contributed by atoms with E-state index >= 15 is 0 Å². The SMILES string of the molecule is Oc1ccc(CF)cc1CC1CCNC1. The van der Waals surface area contributed by atoms with Crippen LogP contribution >= 0.6 is 0 Å². The molecule has 1 aromatic rings. The summed E-state index contributed by atoms with van der Waals surface area (Å²) in [6.07, 6.45) is 1.98. The number of rotatable bonds is 3. The van der Waals surface area contributed by atoms with Crippen LogP contribution in [0, 0.1) is 5.92 Å². The van der Waals surface area contributed by atoms with E-state index in [0.29, 0.717) is 17.2 Å². The number of hydrogen-bond donors (Lipinski definition) is 2. The molecule has 82 valence electrons. The van der Waals surface area contributed by atoms with Crippen molar-refractivity contribution in [1.82, 2.24) is 5.32 Å². The van der Waals surface area contributed by atoms with Gasteiger partial charge < -0.3 is 10.4 Å². The number of halogens is 1. The van der Waals surface area contributed by atoms with Gasteiger partial charge in [0.15, 0.2) is 0 Å². The van der Waals surface area contributed by atoms with Crippen LogP contribution in [-0.2, 0) is 13.1 Å². The zero-order valence-corrected chi connectivity index (χ0v) is 8.67. The maximum absolute atomic E-state index is 12.5. The molecule has 1 atom stereocenters. The van der Waals surface area contributed by atoms with Gasteiger partial charge in [-0.15, -0.1) is 0 Å². The summed E-state index contributed by atoms with van der Waals surface area (Å²) in [6.45, 7) is 1.59. The number of phenols is 1. The quantitative estimate of drug-likeness (QED) is 0.798. The Morgan fingerprint density at radius 3 is 3.00 bits per heavy atom. The lowest BCUT2D eigenvalue weighted by Gasteiger charge is -2.10. The van der Waals surface area contributed by atoms with Crippen LogP contribution in [0.4, 0.5) is 4.39 Å². The van der Waals surface area contributed by atoms with Crippen LogP contribution in [0.1, 0.15) is 17.5 Å². The molecule has 1 aromatic carbocycles. The molecule has 0 aliphatic carbocycles. The van der Waals surface area contributed by atoms with E-state index in [9.17, 15) is 9.50 Å². The molecule has 0 spiro atoms. The zero-order chi connectivity index (χ0) is 10.7. The smallest absolute Gasteiger partial charge is 0.118 e. The summed E-state index contributed by atoms with van der Waals surface area (Å²) in [5.74, 6) is 0.866. The Labute approximate surface area is 89.1 Å². The normalized spacial score (nSPS) is 20.7. The number of phenolic OH excluding ortho intramolecular Hbond substituents is 1. The molecule has 3 heteroatoms. The zero-order valence-electron chi connectivity index (χ0n) is 8.67. The summed E-state index contributed by atoms with van der Waals surface area (Å²) in [4.78, 5) is 0. The maximum Gasteiger partial charge on any atom is 0.118 e. The van der Waals surface area contributed by atoms with E-state index in [1.54, 1.807) is 18.2 Å². The lowest BCUT2D eigenvalue weighted by molar-refractivity contribution is 0.455. The number of nitrogens with one attached hydrogen (secondary N) is 1. The van der Waals surface area contributed by atoms with Crippen LogP contribution in [-0.4, -0.2) is 18.2 Å². The van der Waals surface area contributed by atoms with Crippen molar-refractivity contribution >= 4 is 0 Å². The van der Waals surface area contributed by atoms with Crippen molar-refractivity contribution in [2.75, 3.05) is 13.1 Å². The predicted octanol–water partition coefficient (Wildman–Crippen LogP) is 2.01. The molecule has 2 nitrogen and oxygen atoms in total. The molecule has 0 bridgehead atoms. The summed E-state index contributed by atoms with van der Waals surface area (Å²) in [6, 6.07) is 4.99. The first-order chi connectivity index (χ1) is 7.29. The van der Waals surface area contributed by atoms with E-state index in [-0.39, 0.29) is 0 Å². The second-order valence-electron chi connectivity index (χ2n) is 4.16. The van der Waals surface area contributed by atoms with E-state index in [1.807, 2.05) is 0 Å². The number of alkyl halides is 1. The molecule has 2 rings (SSSR count). The van der Waals surface area contributed by atoms with Crippen molar-refractivity contribution in [3.05, 3.63) is 29.3 Å². The van der Waals surface area contributed by atoms with Gasteiger partial charge in [-0.3, -0.25) is 0 Å². The monoisotopic (exact) mass is 209 g/mol. The van der Waals surface area contributed by atoms with Crippen molar-refractivity contribution in [2.45, 2.75) is 19.5 Å². The second-order valence-corrected chi connectivity index (χ2v) is 4.16. The van der Waals surface area contributed by atoms with Crippen LogP contribution in [0.2, 0.25) is 0 Å². The first-order valence-corrected chi connectivity index (χ1v) is 5.37. The molecule has 0 saturated carbocycles. The average Bonchev–Trinajstić information content (AvgIpc) is 2.74. The van der Waals surface area contributed by atoms with Crippen molar-refractivity contribution in [3.8, 4) is 5.75 Å². The van der Waals surface area contributed by atoms with Gasteiger partial charge in [-0.2, -0.15) is 0 Å². The highest BCUT2D eigenvalue weighted by Crippen LogP contribution is 2.24. The minimum absolute atomic E-state index is 0.291. The Kier molecular flexibility index (Phi) is 3.21. The minimum Gasteiger partial charge on any atom is -0.508 e. The van der Waals surface area contributed by atoms with Gasteiger partial charge in [-0.05, 0) is 55.1 Å². The van der Waals surface area contributed by atoms with Crippen molar-refractivity contribution in [3.63, 3.8) is 0 Å². The lowest BCUT2D eigenvalue weighted by Crippen LogP contribution is -2.10. The summed E-state index contributed by atoms with van der Waals surface area (Å²) < 4.78 is 12.5. The molecule has 1 fully saturated rings. The number of aromatic hydroxyl groups is 1. The lowest BCUT2D eigenvalue weighted by atomic mass is 9.97. The van der Waals surface area contributed by atoms with Gasteiger partial charge >= 0.3 is 0 Å². The third kappa shape index (κ3) is 2.48. The molecular formula is C12H16FNO. The van der Waals surface area contributed by atoms with Crippen LogP contribution in [0.5, 0.6) is 5.75 Å². The van der Waals surface area contributed by atoms with E-state index < -0.39 is 6.67 Å². The molecule has 15 heavy (non-hydrogen) atoms. The number of hydrogen-bond acceptors (Lipinski definition) is 2. The Bertz CT molecular complexity index is 334. The van der Waals surface area contributed by atoms with Crippen molar-refractivity contribution < 1.29 is 9.50 Å². The predicted molar refractivity (Wildman–Crippen MR) is 57.6 cm³/mol. The summed E-state index contributed by atoms with van der Waals surface area (Å²) in [7, 11) is 0. The molecule has 1 aliphatic rings. The number of benzene rings is 1. The standard InChI is InChI=1S/C12H16FNO/c13-7-9-1-2-12(15)11(5-9)6-10-3-4-14-8-10/h1-2,5,10,14-15H,3-4,6-8H2. The fraction of sp³-hybridized carbons (Fsp3) is 0.500. The van der Waals surface area contributed by atoms with E-state index in [4.69, 9.17) is 0 Å². The van der Waals surface area contributed by atoms with Crippen LogP contribution in [0.15, 0.2) is 18.2 Å². The molecule has 0 aromatic heterocycles. The highest BCUT2D eigenvalue weighted by molar-refractivity contribution is 5.36. The molecule has 1 saturated heterocycles. The first kappa shape index (κ1) is 10.4. The van der Waals surface area contributed by atoms with Crippen molar-refractivity contribution in [2.24, 2.45) is 5.92 Å². The largest absolute Gasteiger partial charge is 0.508 e. The van der Waals surface area contributed by atoms with E-state index in [0.717, 1.165) is 31.5 Å². The summed E-state index contributed by atoms with van der Waals surface area (Å²) in [5, 5.41) is 12.9. The Hall–Kier alpha value is -1.09. The van der Waals surface area contributed by atoms with Gasteiger partial charge in [0, 0.05) is 0 Å². The van der Waals surface area contributed by atoms with Gasteiger partial charge in [-0.1, -0.05) is 6.07 Å². The van der Waals surface area contributed by atoms with Gasteiger partial charge in [0.25, 0.3) is 0 Å². The third-order valence-electron chi connectivity index (χ3n) is 2.97. The van der Waals surface area contributed by atoms with Crippen molar-refractivity contribution in [1.29, 1.82) is 0 Å². The Morgan fingerprint density at radius 2 is 2.33 bits per heavy atom. The van der Waals surface area contributed by atoms with Gasteiger partial charge in [0.1, 0.15) is 12.4 Å². The first-order valence-electron chi connectivity index (χ1n) is 5.37. The maximum atomic E-state index is 12.5. The molecule has 0 radical (unpaired) electrons. The average molecular weight is 209 g/mol. The highest BCUT2D eigenvalue weighted by atomic mass is 19.1.